The van der Waals surface area contributed by atoms with Crippen molar-refractivity contribution in [1.82, 2.24) is 4.90 Å². The topological polar surface area (TPSA) is 57.6 Å². The van der Waals surface area contributed by atoms with Gasteiger partial charge in [0.2, 0.25) is 5.91 Å². The number of hydrogen-bond acceptors (Lipinski definition) is 3. The van der Waals surface area contributed by atoms with E-state index < -0.39 is 6.10 Å². The number of ketones is 1. The van der Waals surface area contributed by atoms with Crippen LogP contribution in [0.1, 0.15) is 20.8 Å². The molecular weight excluding hydrogens is 182 g/mol. The zero-order valence-corrected chi connectivity index (χ0v) is 8.60. The minimum atomic E-state index is -0.649. The molecule has 0 aromatic rings. The summed E-state index contributed by atoms with van der Waals surface area (Å²) in [6.45, 7) is 5.21. The normalized spacial score (nSPS) is 43.6. The number of β-lactam (4-membered cyclic amide) rings is 1. The second kappa shape index (κ2) is 2.79. The first-order chi connectivity index (χ1) is 6.46. The van der Waals surface area contributed by atoms with Crippen LogP contribution in [0.5, 0.6) is 0 Å². The van der Waals surface area contributed by atoms with Crippen LogP contribution in [-0.2, 0) is 9.59 Å². The number of fused-ring (bicyclic) bond motifs is 1. The summed E-state index contributed by atoms with van der Waals surface area (Å²) < 4.78 is 0. The maximum Gasteiger partial charge on any atom is 0.231 e. The molecule has 1 N–H and O–H groups in total. The Balaban J connectivity index is 2.27. The molecule has 0 aliphatic carbocycles. The first-order valence-electron chi connectivity index (χ1n) is 5.00. The highest BCUT2D eigenvalue weighted by Crippen LogP contribution is 2.42. The second-order valence-electron chi connectivity index (χ2n) is 4.37. The van der Waals surface area contributed by atoms with E-state index in [9.17, 15) is 14.7 Å². The number of carbonyl (C=O) groups excluding carboxylic acids is 2. The minimum absolute atomic E-state index is 0.0648. The Morgan fingerprint density at radius 2 is 1.93 bits per heavy atom. The highest BCUT2D eigenvalue weighted by molar-refractivity contribution is 6.00. The van der Waals surface area contributed by atoms with Gasteiger partial charge >= 0.3 is 0 Å². The third-order valence-corrected chi connectivity index (χ3v) is 3.54. The van der Waals surface area contributed by atoms with E-state index in [0.717, 1.165) is 0 Å². The van der Waals surface area contributed by atoms with Gasteiger partial charge in [0.25, 0.3) is 0 Å². The molecule has 0 radical (unpaired) electrons. The molecule has 2 aliphatic rings. The summed E-state index contributed by atoms with van der Waals surface area (Å²) in [5.74, 6) is -0.442. The lowest BCUT2D eigenvalue weighted by molar-refractivity contribution is -0.164. The quantitative estimate of drug-likeness (QED) is 0.592. The predicted molar refractivity (Wildman–Crippen MR) is 49.4 cm³/mol. The monoisotopic (exact) mass is 197 g/mol. The number of nitrogens with zero attached hydrogens (tertiary/aromatic N) is 1. The molecule has 2 rings (SSSR count). The maximum atomic E-state index is 11.6. The smallest absolute Gasteiger partial charge is 0.231 e. The van der Waals surface area contributed by atoms with Crippen molar-refractivity contribution < 1.29 is 14.7 Å². The summed E-state index contributed by atoms with van der Waals surface area (Å²) in [6, 6.07) is -0.359. The van der Waals surface area contributed by atoms with Crippen molar-refractivity contribution in [1.29, 1.82) is 0 Å². The predicted octanol–water partition coefficient (Wildman–Crippen LogP) is -0.199. The lowest BCUT2D eigenvalue weighted by Gasteiger charge is -2.46. The maximum absolute atomic E-state index is 11.6. The molecule has 14 heavy (non-hydrogen) atoms. The van der Waals surface area contributed by atoms with E-state index in [4.69, 9.17) is 0 Å². The van der Waals surface area contributed by atoms with Gasteiger partial charge in [0.1, 0.15) is 0 Å². The highest BCUT2D eigenvalue weighted by atomic mass is 16.3. The Morgan fingerprint density at radius 1 is 1.36 bits per heavy atom. The van der Waals surface area contributed by atoms with Crippen molar-refractivity contribution in [3.63, 3.8) is 0 Å². The number of hydrogen-bond donors (Lipinski definition) is 1. The fraction of sp³-hybridized carbons (Fsp3) is 0.800. The molecule has 2 heterocycles. The molecule has 2 saturated heterocycles. The first kappa shape index (κ1) is 9.65. The van der Waals surface area contributed by atoms with E-state index in [1.54, 1.807) is 18.7 Å². The highest BCUT2D eigenvalue weighted by Gasteiger charge is 2.60. The minimum Gasteiger partial charge on any atom is -0.393 e. The fourth-order valence-electron chi connectivity index (χ4n) is 2.73. The van der Waals surface area contributed by atoms with Crippen LogP contribution in [0, 0.1) is 11.8 Å². The van der Waals surface area contributed by atoms with E-state index in [2.05, 4.69) is 0 Å². The summed E-state index contributed by atoms with van der Waals surface area (Å²) in [4.78, 5) is 24.8. The summed E-state index contributed by atoms with van der Waals surface area (Å²) in [5.41, 5.74) is 0. The Bertz CT molecular complexity index is 300. The van der Waals surface area contributed by atoms with Crippen LogP contribution in [0.25, 0.3) is 0 Å². The third kappa shape index (κ3) is 0.919. The Hall–Kier alpha value is -0.900. The summed E-state index contributed by atoms with van der Waals surface area (Å²) in [6.07, 6.45) is -0.649. The summed E-state index contributed by atoms with van der Waals surface area (Å²) >= 11 is 0. The molecule has 4 nitrogen and oxygen atoms in total. The third-order valence-electron chi connectivity index (χ3n) is 3.54. The lowest BCUT2D eigenvalue weighted by Crippen LogP contribution is -2.64. The van der Waals surface area contributed by atoms with Crippen LogP contribution < -0.4 is 0 Å². The molecule has 0 aromatic heterocycles. The van der Waals surface area contributed by atoms with E-state index in [1.807, 2.05) is 6.92 Å². The fourth-order valence-corrected chi connectivity index (χ4v) is 2.73. The number of aliphatic hydroxyl groups excluding tert-OH is 1. The van der Waals surface area contributed by atoms with Crippen LogP contribution >= 0.6 is 0 Å². The van der Waals surface area contributed by atoms with Crippen molar-refractivity contribution >= 4 is 11.7 Å². The average molecular weight is 197 g/mol. The van der Waals surface area contributed by atoms with E-state index in [0.29, 0.717) is 0 Å². The molecule has 5 unspecified atom stereocenters. The van der Waals surface area contributed by atoms with E-state index >= 15 is 0 Å². The van der Waals surface area contributed by atoms with Gasteiger partial charge in [0.15, 0.2) is 5.78 Å². The van der Waals surface area contributed by atoms with Gasteiger partial charge in [-0.1, -0.05) is 6.92 Å². The Morgan fingerprint density at radius 3 is 2.43 bits per heavy atom. The van der Waals surface area contributed by atoms with E-state index in [-0.39, 0.29) is 35.6 Å². The van der Waals surface area contributed by atoms with Crippen molar-refractivity contribution in [2.75, 3.05) is 0 Å². The van der Waals surface area contributed by atoms with Crippen molar-refractivity contribution in [3.8, 4) is 0 Å². The van der Waals surface area contributed by atoms with Gasteiger partial charge < -0.3 is 10.0 Å². The average Bonchev–Trinajstić information content (AvgIpc) is 2.26. The number of rotatable bonds is 1. The van der Waals surface area contributed by atoms with Gasteiger partial charge in [-0.25, -0.2) is 0 Å². The molecule has 0 bridgehead atoms. The van der Waals surface area contributed by atoms with Gasteiger partial charge in [-0.2, -0.15) is 0 Å². The zero-order chi connectivity index (χ0) is 10.6. The molecule has 2 aliphatic heterocycles. The van der Waals surface area contributed by atoms with Crippen molar-refractivity contribution in [2.45, 2.75) is 39.0 Å². The summed E-state index contributed by atoms with van der Waals surface area (Å²) in [7, 11) is 0. The molecule has 0 aromatic carbocycles. The SMILES string of the molecule is CC(O)C1C(=O)N2C(C)C(=O)C(C)C12. The first-order valence-corrected chi connectivity index (χ1v) is 5.00. The number of carbonyl (C=O) groups is 2. The molecule has 2 fully saturated rings. The number of Topliss-reactive ketones (excluding diaryl/α,β-unsaturated/α-hetero) is 1. The van der Waals surface area contributed by atoms with Crippen molar-refractivity contribution in [3.05, 3.63) is 0 Å². The Kier molecular flexibility index (Phi) is 1.93. The molecule has 1 amide bonds. The standard InChI is InChI=1S/C10H15NO3/c1-4-8-7(6(3)12)10(14)11(8)5(2)9(4)13/h4-8,12H,1-3H3. The van der Waals surface area contributed by atoms with Gasteiger partial charge in [-0.05, 0) is 13.8 Å². The molecule has 0 saturated carbocycles. The van der Waals surface area contributed by atoms with Crippen LogP contribution in [0.4, 0.5) is 0 Å². The van der Waals surface area contributed by atoms with Gasteiger partial charge in [-0.15, -0.1) is 0 Å². The van der Waals surface area contributed by atoms with E-state index in [1.165, 1.54) is 0 Å². The largest absolute Gasteiger partial charge is 0.393 e. The number of aliphatic hydroxyl groups is 1. The Labute approximate surface area is 82.9 Å². The van der Waals surface area contributed by atoms with Gasteiger partial charge in [-0.3, -0.25) is 9.59 Å². The van der Waals surface area contributed by atoms with Gasteiger partial charge in [0, 0.05) is 5.92 Å². The molecule has 0 spiro atoms. The second-order valence-corrected chi connectivity index (χ2v) is 4.37. The molecule has 78 valence electrons. The summed E-state index contributed by atoms with van der Waals surface area (Å²) in [5, 5.41) is 9.42. The van der Waals surface area contributed by atoms with Gasteiger partial charge in [0.05, 0.1) is 24.1 Å². The van der Waals surface area contributed by atoms with Crippen molar-refractivity contribution in [2.24, 2.45) is 11.8 Å². The molecule has 5 atom stereocenters. The lowest BCUT2D eigenvalue weighted by atomic mass is 9.79. The van der Waals surface area contributed by atoms with Crippen LogP contribution in [0.3, 0.4) is 0 Å². The number of amides is 1. The van der Waals surface area contributed by atoms with Crippen LogP contribution in [-0.4, -0.2) is 39.9 Å². The van der Waals surface area contributed by atoms with Crippen LogP contribution in [0.15, 0.2) is 0 Å². The molecular formula is C10H15NO3. The zero-order valence-electron chi connectivity index (χ0n) is 8.60. The van der Waals surface area contributed by atoms with Crippen LogP contribution in [0.2, 0.25) is 0 Å². The molecule has 4 heteroatoms.